The molecule has 0 spiro atoms. The molecular weight excluding hydrogens is 298 g/mol. The Morgan fingerprint density at radius 3 is 2.91 bits per heavy atom. The number of carbonyl (C=O) groups excluding carboxylic acids is 1. The first-order chi connectivity index (χ1) is 11.2. The molecule has 1 fully saturated rings. The lowest BCUT2D eigenvalue weighted by Crippen LogP contribution is -2.41. The number of hydrogen-bond donors (Lipinski definition) is 2. The first-order valence-corrected chi connectivity index (χ1v) is 7.40. The van der Waals surface area contributed by atoms with E-state index in [0.29, 0.717) is 18.8 Å². The maximum absolute atomic E-state index is 12.5. The molecule has 2 heterocycles. The SMILES string of the molecule is CO[C@@H]1C[C@@H](CO)N(C(=O)Nc2cnnn2-c2ccccc2)C1. The minimum absolute atomic E-state index is 0.0601. The first-order valence-electron chi connectivity index (χ1n) is 7.40. The van der Waals surface area contributed by atoms with Crippen LogP contribution in [0.4, 0.5) is 10.6 Å². The van der Waals surface area contributed by atoms with Gasteiger partial charge in [0.05, 0.1) is 30.6 Å². The van der Waals surface area contributed by atoms with Crippen molar-refractivity contribution < 1.29 is 14.6 Å². The van der Waals surface area contributed by atoms with Crippen LogP contribution in [0.15, 0.2) is 36.5 Å². The van der Waals surface area contributed by atoms with E-state index in [1.54, 1.807) is 16.7 Å². The Balaban J connectivity index is 1.75. The molecular formula is C15H19N5O3. The largest absolute Gasteiger partial charge is 0.394 e. The van der Waals surface area contributed by atoms with E-state index < -0.39 is 0 Å². The molecule has 0 radical (unpaired) electrons. The van der Waals surface area contributed by atoms with Gasteiger partial charge in [0.1, 0.15) is 0 Å². The first kappa shape index (κ1) is 15.4. The molecule has 0 aliphatic carbocycles. The van der Waals surface area contributed by atoms with Crippen LogP contribution in [0, 0.1) is 0 Å². The highest BCUT2D eigenvalue weighted by atomic mass is 16.5. The summed E-state index contributed by atoms with van der Waals surface area (Å²) in [5.74, 6) is 0.471. The third-order valence-corrected chi connectivity index (χ3v) is 3.97. The Hall–Kier alpha value is -2.45. The van der Waals surface area contributed by atoms with Crippen LogP contribution in [0.5, 0.6) is 0 Å². The number of hydrogen-bond acceptors (Lipinski definition) is 5. The fraction of sp³-hybridized carbons (Fsp3) is 0.400. The lowest BCUT2D eigenvalue weighted by atomic mass is 10.2. The molecule has 1 saturated heterocycles. The number of para-hydroxylation sites is 1. The number of aliphatic hydroxyl groups excluding tert-OH is 1. The van der Waals surface area contributed by atoms with Crippen molar-refractivity contribution in [3.8, 4) is 5.69 Å². The zero-order chi connectivity index (χ0) is 16.2. The van der Waals surface area contributed by atoms with Gasteiger partial charge >= 0.3 is 6.03 Å². The average Bonchev–Trinajstić information content (AvgIpc) is 3.21. The van der Waals surface area contributed by atoms with Crippen molar-refractivity contribution in [1.29, 1.82) is 0 Å². The minimum Gasteiger partial charge on any atom is -0.394 e. The van der Waals surface area contributed by atoms with E-state index in [2.05, 4.69) is 15.6 Å². The molecule has 2 atom stereocenters. The number of nitrogens with one attached hydrogen (secondary N) is 1. The molecule has 1 aromatic carbocycles. The van der Waals surface area contributed by atoms with Crippen LogP contribution >= 0.6 is 0 Å². The lowest BCUT2D eigenvalue weighted by Gasteiger charge is -2.23. The summed E-state index contributed by atoms with van der Waals surface area (Å²) in [7, 11) is 1.61. The van der Waals surface area contributed by atoms with E-state index in [1.165, 1.54) is 6.20 Å². The molecule has 2 aromatic rings. The van der Waals surface area contributed by atoms with E-state index in [9.17, 15) is 9.90 Å². The quantitative estimate of drug-likeness (QED) is 0.873. The van der Waals surface area contributed by atoms with Crippen molar-refractivity contribution in [1.82, 2.24) is 19.9 Å². The number of amides is 2. The molecule has 122 valence electrons. The van der Waals surface area contributed by atoms with Crippen LogP contribution in [0.3, 0.4) is 0 Å². The summed E-state index contributed by atoms with van der Waals surface area (Å²) in [4.78, 5) is 14.1. The van der Waals surface area contributed by atoms with Gasteiger partial charge in [0.15, 0.2) is 5.82 Å². The normalized spacial score (nSPS) is 20.7. The van der Waals surface area contributed by atoms with Crippen LogP contribution in [-0.4, -0.2) is 63.4 Å². The van der Waals surface area contributed by atoms with Crippen LogP contribution in [0.1, 0.15) is 6.42 Å². The van der Waals surface area contributed by atoms with Crippen molar-refractivity contribution in [2.75, 3.05) is 25.6 Å². The van der Waals surface area contributed by atoms with E-state index in [4.69, 9.17) is 4.74 Å². The minimum atomic E-state index is -0.303. The fourth-order valence-electron chi connectivity index (χ4n) is 2.73. The van der Waals surface area contributed by atoms with Crippen LogP contribution in [0.25, 0.3) is 5.69 Å². The topological polar surface area (TPSA) is 92.5 Å². The van der Waals surface area contributed by atoms with Crippen molar-refractivity contribution in [3.63, 3.8) is 0 Å². The van der Waals surface area contributed by atoms with Gasteiger partial charge in [0, 0.05) is 13.7 Å². The lowest BCUT2D eigenvalue weighted by molar-refractivity contribution is 0.111. The van der Waals surface area contributed by atoms with Gasteiger partial charge in [-0.15, -0.1) is 5.10 Å². The number of ether oxygens (including phenoxy) is 1. The molecule has 1 aromatic heterocycles. The van der Waals surface area contributed by atoms with Gasteiger partial charge in [-0.3, -0.25) is 5.32 Å². The second kappa shape index (κ2) is 6.76. The third kappa shape index (κ3) is 3.17. The highest BCUT2D eigenvalue weighted by molar-refractivity contribution is 5.89. The summed E-state index contributed by atoms with van der Waals surface area (Å²) in [6.45, 7) is 0.351. The van der Waals surface area contributed by atoms with E-state index >= 15 is 0 Å². The van der Waals surface area contributed by atoms with Gasteiger partial charge in [0.25, 0.3) is 0 Å². The predicted octanol–water partition coefficient (Wildman–Crippen LogP) is 0.881. The molecule has 8 nitrogen and oxygen atoms in total. The molecule has 8 heteroatoms. The molecule has 2 N–H and O–H groups in total. The highest BCUT2D eigenvalue weighted by Gasteiger charge is 2.35. The summed E-state index contributed by atoms with van der Waals surface area (Å²) in [5, 5.41) is 20.1. The molecule has 1 aliphatic heterocycles. The number of benzene rings is 1. The number of nitrogens with zero attached hydrogens (tertiary/aromatic N) is 4. The van der Waals surface area contributed by atoms with Crippen LogP contribution in [-0.2, 0) is 4.74 Å². The number of aromatic nitrogens is 3. The summed E-state index contributed by atoms with van der Waals surface area (Å²) in [6, 6.07) is 8.86. The maximum atomic E-state index is 12.5. The summed E-state index contributed by atoms with van der Waals surface area (Å²) >= 11 is 0. The number of rotatable bonds is 4. The number of likely N-dealkylation sites (tertiary alicyclic amines) is 1. The van der Waals surface area contributed by atoms with Gasteiger partial charge in [-0.25, -0.2) is 4.79 Å². The van der Waals surface area contributed by atoms with Crippen LogP contribution in [0.2, 0.25) is 0 Å². The van der Waals surface area contributed by atoms with Crippen molar-refractivity contribution in [2.45, 2.75) is 18.6 Å². The molecule has 0 unspecified atom stereocenters. The monoisotopic (exact) mass is 317 g/mol. The number of carbonyl (C=O) groups is 1. The number of urea groups is 1. The molecule has 0 bridgehead atoms. The Morgan fingerprint density at radius 2 is 2.22 bits per heavy atom. The van der Waals surface area contributed by atoms with E-state index in [-0.39, 0.29) is 24.8 Å². The summed E-state index contributed by atoms with van der Waals surface area (Å²) in [6.07, 6.45) is 2.05. The zero-order valence-electron chi connectivity index (χ0n) is 12.8. The Bertz CT molecular complexity index is 660. The van der Waals surface area contributed by atoms with Gasteiger partial charge in [-0.2, -0.15) is 4.68 Å². The zero-order valence-corrected chi connectivity index (χ0v) is 12.8. The van der Waals surface area contributed by atoms with Crippen molar-refractivity contribution in [2.24, 2.45) is 0 Å². The van der Waals surface area contributed by atoms with Gasteiger partial charge in [-0.1, -0.05) is 23.4 Å². The average molecular weight is 317 g/mol. The molecule has 0 saturated carbocycles. The van der Waals surface area contributed by atoms with E-state index in [1.807, 2.05) is 30.3 Å². The smallest absolute Gasteiger partial charge is 0.323 e. The predicted molar refractivity (Wildman–Crippen MR) is 83.4 cm³/mol. The number of methoxy groups -OCH3 is 1. The van der Waals surface area contributed by atoms with Gasteiger partial charge in [-0.05, 0) is 18.6 Å². The molecule has 1 aliphatic rings. The number of anilines is 1. The van der Waals surface area contributed by atoms with Crippen LogP contribution < -0.4 is 5.32 Å². The molecule has 2 amide bonds. The summed E-state index contributed by atoms with van der Waals surface area (Å²) < 4.78 is 6.84. The molecule has 3 rings (SSSR count). The Kier molecular flexibility index (Phi) is 4.54. The van der Waals surface area contributed by atoms with Gasteiger partial charge < -0.3 is 14.7 Å². The second-order valence-electron chi connectivity index (χ2n) is 5.38. The fourth-order valence-corrected chi connectivity index (χ4v) is 2.73. The summed E-state index contributed by atoms with van der Waals surface area (Å²) in [5.41, 5.74) is 0.801. The van der Waals surface area contributed by atoms with Crippen molar-refractivity contribution >= 4 is 11.8 Å². The maximum Gasteiger partial charge on any atom is 0.323 e. The second-order valence-corrected chi connectivity index (χ2v) is 5.38. The molecule has 23 heavy (non-hydrogen) atoms. The standard InChI is InChI=1S/C15H19N5O3/c1-23-13-7-12(10-21)19(9-13)15(22)17-14-8-16-18-20(14)11-5-3-2-4-6-11/h2-6,8,12-13,21H,7,9-10H2,1H3,(H,17,22)/t12-,13+/m0/s1. The van der Waals surface area contributed by atoms with Crippen molar-refractivity contribution in [3.05, 3.63) is 36.5 Å². The van der Waals surface area contributed by atoms with E-state index in [0.717, 1.165) is 5.69 Å². The third-order valence-electron chi connectivity index (χ3n) is 3.97. The van der Waals surface area contributed by atoms with Gasteiger partial charge in [0.2, 0.25) is 0 Å². The Labute approximate surface area is 133 Å². The Morgan fingerprint density at radius 1 is 1.43 bits per heavy atom. The number of aliphatic hydroxyl groups is 1. The highest BCUT2D eigenvalue weighted by Crippen LogP contribution is 2.21.